The molecule has 1 heterocycles. The molecule has 2 aromatic rings. The fourth-order valence-electron chi connectivity index (χ4n) is 3.40. The Bertz CT molecular complexity index is 912. The Morgan fingerprint density at radius 1 is 1.11 bits per heavy atom. The highest BCUT2D eigenvalue weighted by atomic mass is 32.2. The summed E-state index contributed by atoms with van der Waals surface area (Å²) in [6, 6.07) is 11.1. The first kappa shape index (κ1) is 19.5. The van der Waals surface area contributed by atoms with Crippen LogP contribution in [0, 0.1) is 0 Å². The van der Waals surface area contributed by atoms with E-state index in [1.807, 2.05) is 0 Å². The SMILES string of the molecule is COc1ccc(OC)c(S(=O)(=O)NCCc2ccc3c(c2)CCCN3C)c1. The van der Waals surface area contributed by atoms with Gasteiger partial charge in [-0.2, -0.15) is 0 Å². The third-order valence-electron chi connectivity index (χ3n) is 4.86. The van der Waals surface area contributed by atoms with Crippen molar-refractivity contribution in [3.63, 3.8) is 0 Å². The second-order valence-corrected chi connectivity index (χ2v) is 8.39. The molecule has 1 aliphatic rings. The van der Waals surface area contributed by atoms with Gasteiger partial charge >= 0.3 is 0 Å². The lowest BCUT2D eigenvalue weighted by atomic mass is 9.98. The molecule has 0 bridgehead atoms. The van der Waals surface area contributed by atoms with Gasteiger partial charge in [0.15, 0.2) is 0 Å². The van der Waals surface area contributed by atoms with E-state index in [0.29, 0.717) is 24.5 Å². The number of anilines is 1. The molecule has 2 aromatic carbocycles. The van der Waals surface area contributed by atoms with Crippen molar-refractivity contribution in [3.8, 4) is 11.5 Å². The lowest BCUT2D eigenvalue weighted by Gasteiger charge is -2.27. The normalized spacial score (nSPS) is 14.0. The smallest absolute Gasteiger partial charge is 0.244 e. The monoisotopic (exact) mass is 390 g/mol. The minimum absolute atomic E-state index is 0.0800. The quantitative estimate of drug-likeness (QED) is 0.787. The Morgan fingerprint density at radius 2 is 1.93 bits per heavy atom. The van der Waals surface area contributed by atoms with E-state index in [1.54, 1.807) is 12.1 Å². The van der Waals surface area contributed by atoms with Gasteiger partial charge in [0.2, 0.25) is 10.0 Å². The van der Waals surface area contributed by atoms with E-state index in [-0.39, 0.29) is 4.90 Å². The number of hydrogen-bond acceptors (Lipinski definition) is 5. The number of sulfonamides is 1. The number of benzene rings is 2. The van der Waals surface area contributed by atoms with E-state index in [4.69, 9.17) is 9.47 Å². The fraction of sp³-hybridized carbons (Fsp3) is 0.400. The number of hydrogen-bond donors (Lipinski definition) is 1. The summed E-state index contributed by atoms with van der Waals surface area (Å²) in [5.41, 5.74) is 3.73. The zero-order valence-corrected chi connectivity index (χ0v) is 16.8. The molecule has 0 fully saturated rings. The predicted octanol–water partition coefficient (Wildman–Crippen LogP) is 2.61. The van der Waals surface area contributed by atoms with Crippen molar-refractivity contribution in [2.45, 2.75) is 24.2 Å². The summed E-state index contributed by atoms with van der Waals surface area (Å²) in [6.07, 6.45) is 2.85. The van der Waals surface area contributed by atoms with Crippen LogP contribution in [0.5, 0.6) is 11.5 Å². The van der Waals surface area contributed by atoms with Crippen molar-refractivity contribution in [2.75, 3.05) is 39.3 Å². The minimum Gasteiger partial charge on any atom is -0.497 e. The van der Waals surface area contributed by atoms with Gasteiger partial charge in [-0.1, -0.05) is 12.1 Å². The molecule has 1 aliphatic heterocycles. The predicted molar refractivity (Wildman–Crippen MR) is 106 cm³/mol. The molecule has 0 saturated heterocycles. The molecule has 146 valence electrons. The van der Waals surface area contributed by atoms with Crippen LogP contribution in [0.2, 0.25) is 0 Å². The van der Waals surface area contributed by atoms with Crippen LogP contribution in [-0.4, -0.2) is 42.8 Å². The van der Waals surface area contributed by atoms with Crippen molar-refractivity contribution in [1.82, 2.24) is 4.72 Å². The van der Waals surface area contributed by atoms with Gasteiger partial charge < -0.3 is 14.4 Å². The van der Waals surface area contributed by atoms with Gasteiger partial charge in [0.05, 0.1) is 14.2 Å². The summed E-state index contributed by atoms with van der Waals surface area (Å²) in [5.74, 6) is 0.759. The first-order valence-corrected chi connectivity index (χ1v) is 10.5. The molecule has 0 amide bonds. The third kappa shape index (κ3) is 4.36. The molecule has 0 spiro atoms. The van der Waals surface area contributed by atoms with Gasteiger partial charge in [0, 0.05) is 31.9 Å². The standard InChI is InChI=1S/C20H26N2O4S/c1-22-12-4-5-16-13-15(6-8-18(16)22)10-11-21-27(23,24)20-14-17(25-2)7-9-19(20)26-3/h6-9,13-14,21H,4-5,10-12H2,1-3H3. The van der Waals surface area contributed by atoms with Crippen LogP contribution in [0.4, 0.5) is 5.69 Å². The molecule has 0 saturated carbocycles. The Balaban J connectivity index is 1.70. The van der Waals surface area contributed by atoms with Crippen LogP contribution < -0.4 is 19.1 Å². The maximum absolute atomic E-state index is 12.7. The maximum Gasteiger partial charge on any atom is 0.244 e. The average Bonchev–Trinajstić information content (AvgIpc) is 2.67. The van der Waals surface area contributed by atoms with Gasteiger partial charge in [-0.25, -0.2) is 13.1 Å². The largest absolute Gasteiger partial charge is 0.497 e. The molecular weight excluding hydrogens is 364 g/mol. The highest BCUT2D eigenvalue weighted by Gasteiger charge is 2.20. The molecular formula is C20H26N2O4S. The number of rotatable bonds is 7. The number of fused-ring (bicyclic) bond motifs is 1. The number of nitrogens with zero attached hydrogens (tertiary/aromatic N) is 1. The Labute approximate surface area is 161 Å². The molecule has 3 rings (SSSR count). The summed E-state index contributed by atoms with van der Waals surface area (Å²) in [5, 5.41) is 0. The van der Waals surface area contributed by atoms with Gasteiger partial charge in [-0.05, 0) is 48.6 Å². The van der Waals surface area contributed by atoms with E-state index in [0.717, 1.165) is 24.9 Å². The Kier molecular flexibility index (Phi) is 5.92. The van der Waals surface area contributed by atoms with E-state index < -0.39 is 10.0 Å². The van der Waals surface area contributed by atoms with Crippen molar-refractivity contribution in [2.24, 2.45) is 0 Å². The molecule has 0 radical (unpaired) electrons. The topological polar surface area (TPSA) is 67.9 Å². The van der Waals surface area contributed by atoms with Crippen molar-refractivity contribution in [3.05, 3.63) is 47.5 Å². The molecule has 0 aromatic heterocycles. The lowest BCUT2D eigenvalue weighted by Crippen LogP contribution is -2.27. The second kappa shape index (κ2) is 8.19. The zero-order valence-electron chi connectivity index (χ0n) is 16.0. The van der Waals surface area contributed by atoms with Crippen LogP contribution in [0.1, 0.15) is 17.5 Å². The van der Waals surface area contributed by atoms with E-state index in [1.165, 1.54) is 31.5 Å². The highest BCUT2D eigenvalue weighted by Crippen LogP contribution is 2.29. The maximum atomic E-state index is 12.7. The highest BCUT2D eigenvalue weighted by molar-refractivity contribution is 7.89. The van der Waals surface area contributed by atoms with E-state index in [2.05, 4.69) is 34.9 Å². The first-order chi connectivity index (χ1) is 12.9. The van der Waals surface area contributed by atoms with Crippen molar-refractivity contribution in [1.29, 1.82) is 0 Å². The molecule has 0 aliphatic carbocycles. The van der Waals surface area contributed by atoms with E-state index in [9.17, 15) is 8.42 Å². The van der Waals surface area contributed by atoms with Gasteiger partial charge in [0.1, 0.15) is 16.4 Å². The molecule has 6 nitrogen and oxygen atoms in total. The molecule has 27 heavy (non-hydrogen) atoms. The minimum atomic E-state index is -3.70. The number of methoxy groups -OCH3 is 2. The Morgan fingerprint density at radius 3 is 2.67 bits per heavy atom. The summed E-state index contributed by atoms with van der Waals surface area (Å²) in [4.78, 5) is 2.34. The van der Waals surface area contributed by atoms with Crippen LogP contribution in [0.3, 0.4) is 0 Å². The molecule has 1 N–H and O–H groups in total. The van der Waals surface area contributed by atoms with Gasteiger partial charge in [-0.15, -0.1) is 0 Å². The van der Waals surface area contributed by atoms with Crippen molar-refractivity contribution < 1.29 is 17.9 Å². The molecule has 0 unspecified atom stereocenters. The second-order valence-electron chi connectivity index (χ2n) is 6.65. The van der Waals surface area contributed by atoms with E-state index >= 15 is 0 Å². The zero-order chi connectivity index (χ0) is 19.4. The fourth-order valence-corrected chi connectivity index (χ4v) is 4.61. The first-order valence-electron chi connectivity index (χ1n) is 8.99. The van der Waals surface area contributed by atoms with Crippen LogP contribution in [0.15, 0.2) is 41.3 Å². The van der Waals surface area contributed by atoms with Crippen LogP contribution >= 0.6 is 0 Å². The summed E-state index contributed by atoms with van der Waals surface area (Å²) < 4.78 is 38.4. The average molecular weight is 391 g/mol. The van der Waals surface area contributed by atoms with Gasteiger partial charge in [-0.3, -0.25) is 0 Å². The third-order valence-corrected chi connectivity index (χ3v) is 6.34. The summed E-state index contributed by atoms with van der Waals surface area (Å²) in [7, 11) is 1.36. The number of ether oxygens (including phenoxy) is 2. The summed E-state index contributed by atoms with van der Waals surface area (Å²) in [6.45, 7) is 1.39. The van der Waals surface area contributed by atoms with Crippen LogP contribution in [-0.2, 0) is 22.9 Å². The molecule has 0 atom stereocenters. The number of aryl methyl sites for hydroxylation is 1. The number of nitrogens with one attached hydrogen (secondary N) is 1. The summed E-state index contributed by atoms with van der Waals surface area (Å²) >= 11 is 0. The van der Waals surface area contributed by atoms with Crippen molar-refractivity contribution >= 4 is 15.7 Å². The molecule has 7 heteroatoms. The Hall–Kier alpha value is -2.25. The lowest BCUT2D eigenvalue weighted by molar-refractivity contribution is 0.392. The van der Waals surface area contributed by atoms with Crippen LogP contribution in [0.25, 0.3) is 0 Å². The van der Waals surface area contributed by atoms with Gasteiger partial charge in [0.25, 0.3) is 0 Å².